The summed E-state index contributed by atoms with van der Waals surface area (Å²) in [5.41, 5.74) is 0. The fraction of sp³-hybridized carbons (Fsp3) is 0.545. The Morgan fingerprint density at radius 2 is 2.20 bits per heavy atom. The van der Waals surface area contributed by atoms with Gasteiger partial charge in [-0.25, -0.2) is 4.98 Å². The summed E-state index contributed by atoms with van der Waals surface area (Å²) in [7, 11) is 0. The third-order valence-corrected chi connectivity index (χ3v) is 2.66. The molecule has 15 heavy (non-hydrogen) atoms. The van der Waals surface area contributed by atoms with Crippen molar-refractivity contribution in [2.45, 2.75) is 19.8 Å². The minimum absolute atomic E-state index is 0.168. The highest BCUT2D eigenvalue weighted by atomic mass is 79.9. The van der Waals surface area contributed by atoms with Gasteiger partial charge in [-0.05, 0) is 34.5 Å². The molecule has 0 aliphatic rings. The average molecular weight is 273 g/mol. The number of pyridine rings is 1. The quantitative estimate of drug-likeness (QED) is 0.864. The summed E-state index contributed by atoms with van der Waals surface area (Å²) in [6.45, 7) is 3.92. The zero-order valence-corrected chi connectivity index (χ0v) is 10.6. The minimum atomic E-state index is 0.168. The summed E-state index contributed by atoms with van der Waals surface area (Å²) in [6.07, 6.45) is 4.06. The molecular weight excluding hydrogens is 256 g/mol. The standard InChI is InChI=1S/C11H17BrN2O/c1-2-3-6-14(7-8-15)11-5-4-10(12)9-13-11/h4-5,9,15H,2-3,6-8H2,1H3. The molecule has 1 aromatic rings. The fourth-order valence-electron chi connectivity index (χ4n) is 1.37. The predicted octanol–water partition coefficient (Wildman–Crippen LogP) is 2.44. The highest BCUT2D eigenvalue weighted by Gasteiger charge is 2.05. The lowest BCUT2D eigenvalue weighted by molar-refractivity contribution is 0.301. The van der Waals surface area contributed by atoms with Gasteiger partial charge in [0.1, 0.15) is 5.82 Å². The molecule has 1 heterocycles. The van der Waals surface area contributed by atoms with Gasteiger partial charge in [-0.3, -0.25) is 0 Å². The smallest absolute Gasteiger partial charge is 0.128 e. The van der Waals surface area contributed by atoms with Crippen LogP contribution < -0.4 is 4.90 Å². The Kier molecular flexibility index (Phi) is 5.65. The third kappa shape index (κ3) is 4.18. The van der Waals surface area contributed by atoms with Gasteiger partial charge in [0.15, 0.2) is 0 Å². The van der Waals surface area contributed by atoms with Gasteiger partial charge in [-0.1, -0.05) is 13.3 Å². The van der Waals surface area contributed by atoms with Crippen LogP contribution in [0.25, 0.3) is 0 Å². The SMILES string of the molecule is CCCCN(CCO)c1ccc(Br)cn1. The predicted molar refractivity (Wildman–Crippen MR) is 66.1 cm³/mol. The molecule has 1 rings (SSSR count). The molecule has 0 unspecified atom stereocenters. The fourth-order valence-corrected chi connectivity index (χ4v) is 1.60. The van der Waals surface area contributed by atoms with E-state index in [-0.39, 0.29) is 6.61 Å². The lowest BCUT2D eigenvalue weighted by Gasteiger charge is -2.22. The Labute approximate surface area is 99.3 Å². The van der Waals surface area contributed by atoms with Crippen LogP contribution in [0.15, 0.2) is 22.8 Å². The van der Waals surface area contributed by atoms with E-state index in [1.54, 1.807) is 6.20 Å². The number of aliphatic hydroxyl groups is 1. The number of aliphatic hydroxyl groups excluding tert-OH is 1. The molecule has 0 atom stereocenters. The normalized spacial score (nSPS) is 10.3. The topological polar surface area (TPSA) is 36.4 Å². The largest absolute Gasteiger partial charge is 0.395 e. The van der Waals surface area contributed by atoms with E-state index >= 15 is 0 Å². The number of rotatable bonds is 6. The van der Waals surface area contributed by atoms with E-state index in [0.717, 1.165) is 29.7 Å². The summed E-state index contributed by atoms with van der Waals surface area (Å²) in [5, 5.41) is 8.97. The summed E-state index contributed by atoms with van der Waals surface area (Å²) < 4.78 is 0.977. The lowest BCUT2D eigenvalue weighted by atomic mass is 10.3. The van der Waals surface area contributed by atoms with E-state index in [0.29, 0.717) is 6.54 Å². The number of nitrogens with zero attached hydrogens (tertiary/aromatic N) is 2. The van der Waals surface area contributed by atoms with Crippen molar-refractivity contribution in [2.24, 2.45) is 0 Å². The van der Waals surface area contributed by atoms with Crippen molar-refractivity contribution in [3.05, 3.63) is 22.8 Å². The Hall–Kier alpha value is -0.610. The molecule has 0 aliphatic carbocycles. The Bertz CT molecular complexity index is 276. The average Bonchev–Trinajstić information content (AvgIpc) is 2.25. The Morgan fingerprint density at radius 1 is 1.40 bits per heavy atom. The summed E-state index contributed by atoms with van der Waals surface area (Å²) >= 11 is 3.36. The number of anilines is 1. The van der Waals surface area contributed by atoms with Gasteiger partial charge >= 0.3 is 0 Å². The first kappa shape index (κ1) is 12.5. The highest BCUT2D eigenvalue weighted by Crippen LogP contribution is 2.15. The zero-order chi connectivity index (χ0) is 11.1. The molecule has 3 nitrogen and oxygen atoms in total. The maximum Gasteiger partial charge on any atom is 0.128 e. The maximum atomic E-state index is 8.97. The van der Waals surface area contributed by atoms with E-state index < -0.39 is 0 Å². The molecule has 0 saturated carbocycles. The number of hydrogen-bond donors (Lipinski definition) is 1. The van der Waals surface area contributed by atoms with Crippen molar-refractivity contribution in [1.29, 1.82) is 0 Å². The van der Waals surface area contributed by atoms with Crippen molar-refractivity contribution in [2.75, 3.05) is 24.6 Å². The van der Waals surface area contributed by atoms with Gasteiger partial charge in [-0.2, -0.15) is 0 Å². The number of aromatic nitrogens is 1. The second kappa shape index (κ2) is 6.80. The second-order valence-corrected chi connectivity index (χ2v) is 4.31. The first-order valence-corrected chi connectivity index (χ1v) is 6.04. The number of halogens is 1. The van der Waals surface area contributed by atoms with E-state index in [9.17, 15) is 0 Å². The molecule has 0 radical (unpaired) electrons. The van der Waals surface area contributed by atoms with Gasteiger partial charge in [-0.15, -0.1) is 0 Å². The molecule has 0 aromatic carbocycles. The highest BCUT2D eigenvalue weighted by molar-refractivity contribution is 9.10. The van der Waals surface area contributed by atoms with Gasteiger partial charge in [0.2, 0.25) is 0 Å². The van der Waals surface area contributed by atoms with Crippen LogP contribution in [0.1, 0.15) is 19.8 Å². The molecule has 0 amide bonds. The van der Waals surface area contributed by atoms with Crippen LogP contribution >= 0.6 is 15.9 Å². The molecule has 0 bridgehead atoms. The van der Waals surface area contributed by atoms with Crippen LogP contribution in [0, 0.1) is 0 Å². The second-order valence-electron chi connectivity index (χ2n) is 3.40. The van der Waals surface area contributed by atoms with Gasteiger partial charge in [0, 0.05) is 23.8 Å². The first-order valence-electron chi connectivity index (χ1n) is 5.25. The van der Waals surface area contributed by atoms with Crippen molar-refractivity contribution >= 4 is 21.7 Å². The first-order chi connectivity index (χ1) is 7.27. The molecule has 1 N–H and O–H groups in total. The summed E-state index contributed by atoms with van der Waals surface area (Å²) in [6, 6.07) is 3.94. The zero-order valence-electron chi connectivity index (χ0n) is 8.99. The van der Waals surface area contributed by atoms with Crippen molar-refractivity contribution < 1.29 is 5.11 Å². The van der Waals surface area contributed by atoms with Crippen molar-refractivity contribution in [3.8, 4) is 0 Å². The van der Waals surface area contributed by atoms with Crippen LogP contribution in [0.3, 0.4) is 0 Å². The van der Waals surface area contributed by atoms with Crippen molar-refractivity contribution in [1.82, 2.24) is 4.98 Å². The lowest BCUT2D eigenvalue weighted by Crippen LogP contribution is -2.28. The van der Waals surface area contributed by atoms with E-state index in [4.69, 9.17) is 5.11 Å². The molecule has 0 spiro atoms. The van der Waals surface area contributed by atoms with E-state index in [1.807, 2.05) is 12.1 Å². The summed E-state index contributed by atoms with van der Waals surface area (Å²) in [4.78, 5) is 6.43. The van der Waals surface area contributed by atoms with E-state index in [1.165, 1.54) is 0 Å². The van der Waals surface area contributed by atoms with Gasteiger partial charge in [0.25, 0.3) is 0 Å². The summed E-state index contributed by atoms with van der Waals surface area (Å²) in [5.74, 6) is 0.931. The molecule has 0 saturated heterocycles. The molecule has 4 heteroatoms. The monoisotopic (exact) mass is 272 g/mol. The number of unbranched alkanes of at least 4 members (excludes halogenated alkanes) is 1. The van der Waals surface area contributed by atoms with Crippen LogP contribution in [0.5, 0.6) is 0 Å². The van der Waals surface area contributed by atoms with Gasteiger partial charge in [0.05, 0.1) is 6.61 Å². The molecular formula is C11H17BrN2O. The molecule has 84 valence electrons. The Morgan fingerprint density at radius 3 is 2.73 bits per heavy atom. The van der Waals surface area contributed by atoms with Crippen LogP contribution in [0.4, 0.5) is 5.82 Å². The third-order valence-electron chi connectivity index (χ3n) is 2.19. The molecule has 1 aromatic heterocycles. The van der Waals surface area contributed by atoms with Gasteiger partial charge < -0.3 is 10.0 Å². The minimum Gasteiger partial charge on any atom is -0.395 e. The van der Waals surface area contributed by atoms with Crippen molar-refractivity contribution in [3.63, 3.8) is 0 Å². The number of hydrogen-bond acceptors (Lipinski definition) is 3. The van der Waals surface area contributed by atoms with Crippen LogP contribution in [-0.4, -0.2) is 29.8 Å². The maximum absolute atomic E-state index is 8.97. The van der Waals surface area contributed by atoms with Crippen LogP contribution in [-0.2, 0) is 0 Å². The van der Waals surface area contributed by atoms with Crippen LogP contribution in [0.2, 0.25) is 0 Å². The molecule has 0 aliphatic heterocycles. The Balaban J connectivity index is 2.65. The molecule has 0 fully saturated rings. The van der Waals surface area contributed by atoms with E-state index in [2.05, 4.69) is 32.7 Å².